The zero-order valence-corrected chi connectivity index (χ0v) is 14.9. The Morgan fingerprint density at radius 3 is 2.62 bits per heavy atom. The fraction of sp³-hybridized carbons (Fsp3) is 0.294. The van der Waals surface area contributed by atoms with Crippen LogP contribution in [0.3, 0.4) is 0 Å². The van der Waals surface area contributed by atoms with E-state index in [0.29, 0.717) is 5.76 Å². The van der Waals surface area contributed by atoms with Gasteiger partial charge in [0.05, 0.1) is 17.7 Å². The van der Waals surface area contributed by atoms with Gasteiger partial charge in [-0.05, 0) is 30.2 Å². The topological polar surface area (TPSA) is 114 Å². The van der Waals surface area contributed by atoms with E-state index < -0.39 is 16.9 Å². The van der Waals surface area contributed by atoms with Crippen LogP contribution in [0.1, 0.15) is 30.0 Å². The number of hydrogen-bond acceptors (Lipinski definition) is 5. The second-order valence-electron chi connectivity index (χ2n) is 5.92. The summed E-state index contributed by atoms with van der Waals surface area (Å²) in [4.78, 5) is 35.1. The van der Waals surface area contributed by atoms with Gasteiger partial charge in [0.25, 0.3) is 11.6 Å². The summed E-state index contributed by atoms with van der Waals surface area (Å²) in [5, 5.41) is 16.2. The highest BCUT2D eigenvalue weighted by Gasteiger charge is 2.25. The molecule has 0 saturated heterocycles. The maximum Gasteiger partial charge on any atom is 0.288 e. The maximum atomic E-state index is 12.4. The quantitative estimate of drug-likeness (QED) is 0.567. The van der Waals surface area contributed by atoms with Gasteiger partial charge in [0.1, 0.15) is 16.8 Å². The number of furan rings is 1. The molecule has 2 N–H and O–H groups in total. The minimum absolute atomic E-state index is 0.0468. The van der Waals surface area contributed by atoms with Crippen molar-refractivity contribution in [1.82, 2.24) is 10.6 Å². The first-order chi connectivity index (χ1) is 12.3. The van der Waals surface area contributed by atoms with Crippen LogP contribution in [0.25, 0.3) is 0 Å². The van der Waals surface area contributed by atoms with Gasteiger partial charge >= 0.3 is 0 Å². The van der Waals surface area contributed by atoms with E-state index in [9.17, 15) is 19.7 Å². The van der Waals surface area contributed by atoms with E-state index in [4.69, 9.17) is 16.0 Å². The molecule has 1 aromatic heterocycles. The van der Waals surface area contributed by atoms with E-state index in [1.807, 2.05) is 0 Å². The van der Waals surface area contributed by atoms with Crippen LogP contribution in [0.2, 0.25) is 5.02 Å². The van der Waals surface area contributed by atoms with Crippen molar-refractivity contribution in [3.05, 3.63) is 63.1 Å². The maximum absolute atomic E-state index is 12.4. The lowest BCUT2D eigenvalue weighted by atomic mass is 10.0. The number of hydrogen-bond donors (Lipinski definition) is 2. The highest BCUT2D eigenvalue weighted by Crippen LogP contribution is 2.25. The minimum Gasteiger partial charge on any atom is -0.467 e. The molecule has 0 unspecified atom stereocenters. The van der Waals surface area contributed by atoms with Crippen LogP contribution in [0.15, 0.2) is 41.0 Å². The number of carbonyl (C=O) groups excluding carboxylic acids is 2. The molecule has 0 fully saturated rings. The summed E-state index contributed by atoms with van der Waals surface area (Å²) in [6.45, 7) is 3.75. The zero-order valence-electron chi connectivity index (χ0n) is 14.2. The molecule has 1 atom stereocenters. The Bertz CT molecular complexity index is 805. The monoisotopic (exact) mass is 379 g/mol. The highest BCUT2D eigenvalue weighted by molar-refractivity contribution is 6.32. The molecule has 26 heavy (non-hydrogen) atoms. The summed E-state index contributed by atoms with van der Waals surface area (Å²) in [5.41, 5.74) is -0.326. The summed E-state index contributed by atoms with van der Waals surface area (Å²) in [6, 6.07) is 6.33. The largest absolute Gasteiger partial charge is 0.467 e. The van der Waals surface area contributed by atoms with E-state index in [2.05, 4.69) is 10.6 Å². The molecule has 9 heteroatoms. The predicted molar refractivity (Wildman–Crippen MR) is 94.8 cm³/mol. The third-order valence-electron chi connectivity index (χ3n) is 3.66. The molecule has 0 aliphatic rings. The SMILES string of the molecule is CC(C)[C@H](NC(=O)c1ccc(Cl)c([N+](=O)[O-])c1)C(=O)NCc1ccco1. The fourth-order valence-corrected chi connectivity index (χ4v) is 2.44. The van der Waals surface area contributed by atoms with E-state index >= 15 is 0 Å². The van der Waals surface area contributed by atoms with Crippen LogP contribution in [0.4, 0.5) is 5.69 Å². The predicted octanol–water partition coefficient (Wildman–Crippen LogP) is 2.91. The lowest BCUT2D eigenvalue weighted by Crippen LogP contribution is -2.49. The average Bonchev–Trinajstić information content (AvgIpc) is 3.10. The molecule has 0 aliphatic heterocycles. The van der Waals surface area contributed by atoms with Crippen LogP contribution in [0, 0.1) is 16.0 Å². The molecule has 0 spiro atoms. The van der Waals surface area contributed by atoms with Gasteiger partial charge in [0, 0.05) is 11.6 Å². The van der Waals surface area contributed by atoms with Gasteiger partial charge in [-0.25, -0.2) is 0 Å². The molecular formula is C17H18ClN3O5. The molecule has 8 nitrogen and oxygen atoms in total. The second kappa shape index (κ2) is 8.48. The van der Waals surface area contributed by atoms with Crippen molar-refractivity contribution in [2.45, 2.75) is 26.4 Å². The number of nitro groups is 1. The molecule has 2 aromatic rings. The average molecular weight is 380 g/mol. The molecule has 0 aliphatic carbocycles. The Labute approximate surface area is 154 Å². The van der Waals surface area contributed by atoms with Crippen molar-refractivity contribution >= 4 is 29.1 Å². The first kappa shape index (κ1) is 19.5. The van der Waals surface area contributed by atoms with E-state index in [1.54, 1.807) is 26.0 Å². The Balaban J connectivity index is 2.09. The fourth-order valence-electron chi connectivity index (χ4n) is 2.25. The molecule has 0 bridgehead atoms. The van der Waals surface area contributed by atoms with Gasteiger partial charge in [0.15, 0.2) is 0 Å². The summed E-state index contributed by atoms with van der Waals surface area (Å²) >= 11 is 5.75. The Hall–Kier alpha value is -2.87. The summed E-state index contributed by atoms with van der Waals surface area (Å²) in [5.74, 6) is -0.594. The van der Waals surface area contributed by atoms with Crippen LogP contribution in [-0.4, -0.2) is 22.8 Å². The number of rotatable bonds is 7. The van der Waals surface area contributed by atoms with Crippen molar-refractivity contribution in [1.29, 1.82) is 0 Å². The number of benzene rings is 1. The molecule has 0 saturated carbocycles. The number of nitrogens with zero attached hydrogens (tertiary/aromatic N) is 1. The molecule has 1 heterocycles. The van der Waals surface area contributed by atoms with Crippen LogP contribution in [-0.2, 0) is 11.3 Å². The number of amides is 2. The third kappa shape index (κ3) is 4.82. The third-order valence-corrected chi connectivity index (χ3v) is 3.98. The van der Waals surface area contributed by atoms with E-state index in [1.165, 1.54) is 18.4 Å². The molecule has 0 radical (unpaired) electrons. The first-order valence-corrected chi connectivity index (χ1v) is 8.22. The molecule has 2 rings (SSSR count). The Morgan fingerprint density at radius 1 is 1.31 bits per heavy atom. The zero-order chi connectivity index (χ0) is 19.3. The lowest BCUT2D eigenvalue weighted by molar-refractivity contribution is -0.384. The first-order valence-electron chi connectivity index (χ1n) is 7.84. The summed E-state index contributed by atoms with van der Waals surface area (Å²) < 4.78 is 5.14. The van der Waals surface area contributed by atoms with Crippen LogP contribution < -0.4 is 10.6 Å². The molecule has 1 aromatic carbocycles. The smallest absolute Gasteiger partial charge is 0.288 e. The molecule has 138 valence electrons. The standard InChI is InChI=1S/C17H18ClN3O5/c1-10(2)15(17(23)19-9-12-4-3-7-26-12)20-16(22)11-5-6-13(18)14(8-11)21(24)25/h3-8,10,15H,9H2,1-2H3,(H,19,23)(H,20,22)/t15-/m0/s1. The molecular weight excluding hydrogens is 362 g/mol. The van der Waals surface area contributed by atoms with Crippen molar-refractivity contribution in [3.8, 4) is 0 Å². The van der Waals surface area contributed by atoms with E-state index in [-0.39, 0.29) is 34.6 Å². The summed E-state index contributed by atoms with van der Waals surface area (Å²) in [7, 11) is 0. The van der Waals surface area contributed by atoms with Gasteiger partial charge in [0.2, 0.25) is 5.91 Å². The van der Waals surface area contributed by atoms with Crippen molar-refractivity contribution in [3.63, 3.8) is 0 Å². The van der Waals surface area contributed by atoms with E-state index in [0.717, 1.165) is 6.07 Å². The molecule has 2 amide bonds. The van der Waals surface area contributed by atoms with Crippen LogP contribution in [0.5, 0.6) is 0 Å². The van der Waals surface area contributed by atoms with Gasteiger partial charge in [-0.3, -0.25) is 19.7 Å². The Kier molecular flexibility index (Phi) is 6.35. The number of nitro benzene ring substituents is 1. The number of nitrogens with one attached hydrogen (secondary N) is 2. The van der Waals surface area contributed by atoms with Gasteiger partial charge < -0.3 is 15.1 Å². The van der Waals surface area contributed by atoms with Gasteiger partial charge in [-0.15, -0.1) is 0 Å². The van der Waals surface area contributed by atoms with Crippen molar-refractivity contribution in [2.75, 3.05) is 0 Å². The Morgan fingerprint density at radius 2 is 2.04 bits per heavy atom. The summed E-state index contributed by atoms with van der Waals surface area (Å²) in [6.07, 6.45) is 1.50. The van der Waals surface area contributed by atoms with Crippen molar-refractivity contribution < 1.29 is 18.9 Å². The number of halogens is 1. The van der Waals surface area contributed by atoms with Crippen LogP contribution >= 0.6 is 11.6 Å². The van der Waals surface area contributed by atoms with Gasteiger partial charge in [-0.1, -0.05) is 25.4 Å². The van der Waals surface area contributed by atoms with Gasteiger partial charge in [-0.2, -0.15) is 0 Å². The highest BCUT2D eigenvalue weighted by atomic mass is 35.5. The second-order valence-corrected chi connectivity index (χ2v) is 6.32. The normalized spacial score (nSPS) is 11.8. The van der Waals surface area contributed by atoms with Crippen molar-refractivity contribution in [2.24, 2.45) is 5.92 Å². The lowest BCUT2D eigenvalue weighted by Gasteiger charge is -2.21. The number of carbonyl (C=O) groups is 2. The minimum atomic E-state index is -0.813.